The molecule has 2 heterocycles. The summed E-state index contributed by atoms with van der Waals surface area (Å²) in [6, 6.07) is 27.1. The molecule has 0 spiro atoms. The monoisotopic (exact) mass is 443 g/mol. The third-order valence-electron chi connectivity index (χ3n) is 6.63. The van der Waals surface area contributed by atoms with E-state index < -0.39 is 10.0 Å². The van der Waals surface area contributed by atoms with E-state index in [4.69, 9.17) is 0 Å². The fraction of sp³-hybridized carbons (Fsp3) is 0.269. The van der Waals surface area contributed by atoms with Crippen molar-refractivity contribution in [3.8, 4) is 6.07 Å². The van der Waals surface area contributed by atoms with Gasteiger partial charge >= 0.3 is 0 Å². The quantitative estimate of drug-likeness (QED) is 0.612. The van der Waals surface area contributed by atoms with Gasteiger partial charge in [0.05, 0.1) is 10.5 Å². The molecule has 2 unspecified atom stereocenters. The lowest BCUT2D eigenvalue weighted by Crippen LogP contribution is -2.35. The predicted octanol–water partition coefficient (Wildman–Crippen LogP) is 3.98. The SMILES string of the molecule is N#Cc1ccccc1S(=O)(=O)N1Cc2ccccc2C2CN(Cc3ccccc3)CC2C1. The van der Waals surface area contributed by atoms with Crippen molar-refractivity contribution >= 4 is 10.0 Å². The number of likely N-dealkylation sites (tertiary alicyclic amines) is 1. The summed E-state index contributed by atoms with van der Waals surface area (Å²) in [6.45, 7) is 3.41. The molecule has 6 heteroatoms. The molecule has 0 N–H and O–H groups in total. The summed E-state index contributed by atoms with van der Waals surface area (Å²) in [5.41, 5.74) is 3.77. The van der Waals surface area contributed by atoms with Gasteiger partial charge in [0.1, 0.15) is 6.07 Å². The van der Waals surface area contributed by atoms with Gasteiger partial charge < -0.3 is 0 Å². The number of hydrogen-bond donors (Lipinski definition) is 0. The van der Waals surface area contributed by atoms with Gasteiger partial charge in [0, 0.05) is 38.6 Å². The van der Waals surface area contributed by atoms with Crippen LogP contribution in [0.2, 0.25) is 0 Å². The van der Waals surface area contributed by atoms with Gasteiger partial charge in [0.2, 0.25) is 10.0 Å². The second kappa shape index (κ2) is 8.51. The highest BCUT2D eigenvalue weighted by Gasteiger charge is 2.41. The highest BCUT2D eigenvalue weighted by molar-refractivity contribution is 7.89. The molecule has 3 aromatic carbocycles. The number of nitrogens with zero attached hydrogens (tertiary/aromatic N) is 3. The van der Waals surface area contributed by atoms with E-state index in [-0.39, 0.29) is 16.4 Å². The normalized spacial score (nSPS) is 21.3. The van der Waals surface area contributed by atoms with Crippen LogP contribution >= 0.6 is 0 Å². The number of sulfonamides is 1. The van der Waals surface area contributed by atoms with E-state index in [1.54, 1.807) is 28.6 Å². The number of rotatable bonds is 4. The lowest BCUT2D eigenvalue weighted by Gasteiger charge is -2.24. The summed E-state index contributed by atoms with van der Waals surface area (Å²) in [5, 5.41) is 9.48. The van der Waals surface area contributed by atoms with Crippen LogP contribution in [-0.4, -0.2) is 37.3 Å². The van der Waals surface area contributed by atoms with E-state index in [0.29, 0.717) is 19.0 Å². The Hall–Kier alpha value is -2.98. The highest BCUT2D eigenvalue weighted by Crippen LogP contribution is 2.40. The molecule has 5 nitrogen and oxygen atoms in total. The first-order valence-corrected chi connectivity index (χ1v) is 12.3. The van der Waals surface area contributed by atoms with E-state index >= 15 is 0 Å². The maximum atomic E-state index is 13.7. The van der Waals surface area contributed by atoms with Crippen LogP contribution in [0.1, 0.15) is 28.2 Å². The van der Waals surface area contributed by atoms with Crippen molar-refractivity contribution < 1.29 is 8.42 Å². The average Bonchev–Trinajstić information content (AvgIpc) is 3.14. The van der Waals surface area contributed by atoms with E-state index in [1.165, 1.54) is 11.1 Å². The maximum Gasteiger partial charge on any atom is 0.244 e. The molecule has 0 aliphatic carbocycles. The van der Waals surface area contributed by atoms with E-state index in [1.807, 2.05) is 30.3 Å². The topological polar surface area (TPSA) is 64.4 Å². The van der Waals surface area contributed by atoms with Crippen molar-refractivity contribution in [1.29, 1.82) is 5.26 Å². The molecule has 5 rings (SSSR count). The summed E-state index contributed by atoms with van der Waals surface area (Å²) in [5.74, 6) is 0.493. The average molecular weight is 444 g/mol. The molecular formula is C26H25N3O2S. The summed E-state index contributed by atoms with van der Waals surface area (Å²) in [4.78, 5) is 2.53. The van der Waals surface area contributed by atoms with Crippen molar-refractivity contribution in [3.05, 3.63) is 101 Å². The fourth-order valence-electron chi connectivity index (χ4n) is 5.13. The van der Waals surface area contributed by atoms with Gasteiger partial charge in [-0.3, -0.25) is 4.90 Å². The molecule has 0 saturated carbocycles. The van der Waals surface area contributed by atoms with Gasteiger partial charge in [-0.15, -0.1) is 0 Å². The standard InChI is InChI=1S/C26H25N3O2S/c27-14-21-10-5-7-13-26(21)32(30,31)29-17-22-11-4-6-12-24(22)25-19-28(16-23(25)18-29)15-20-8-2-1-3-9-20/h1-13,23,25H,15-19H2. The van der Waals surface area contributed by atoms with Crippen LogP contribution in [0.5, 0.6) is 0 Å². The Balaban J connectivity index is 1.49. The van der Waals surface area contributed by atoms with Gasteiger partial charge in [-0.2, -0.15) is 9.57 Å². The first-order chi connectivity index (χ1) is 15.6. The smallest absolute Gasteiger partial charge is 0.244 e. The van der Waals surface area contributed by atoms with Crippen LogP contribution in [0.15, 0.2) is 83.8 Å². The molecule has 0 bridgehead atoms. The largest absolute Gasteiger partial charge is 0.298 e. The molecule has 0 amide bonds. The zero-order valence-electron chi connectivity index (χ0n) is 17.8. The minimum absolute atomic E-state index is 0.0950. The van der Waals surface area contributed by atoms with Gasteiger partial charge in [-0.05, 0) is 34.7 Å². The predicted molar refractivity (Wildman–Crippen MR) is 123 cm³/mol. The van der Waals surface area contributed by atoms with Crippen LogP contribution in [0, 0.1) is 17.2 Å². The minimum Gasteiger partial charge on any atom is -0.298 e. The van der Waals surface area contributed by atoms with E-state index in [9.17, 15) is 13.7 Å². The third kappa shape index (κ3) is 3.84. The lowest BCUT2D eigenvalue weighted by molar-refractivity contribution is 0.293. The maximum absolute atomic E-state index is 13.7. The van der Waals surface area contributed by atoms with Gasteiger partial charge in [-0.25, -0.2) is 8.42 Å². The van der Waals surface area contributed by atoms with Gasteiger partial charge in [0.15, 0.2) is 0 Å². The molecular weight excluding hydrogens is 418 g/mol. The second-order valence-electron chi connectivity index (χ2n) is 8.65. The summed E-state index contributed by atoms with van der Waals surface area (Å²) in [7, 11) is -3.79. The minimum atomic E-state index is -3.79. The Morgan fingerprint density at radius 1 is 0.875 bits per heavy atom. The molecule has 1 fully saturated rings. The Labute approximate surface area is 189 Å². The highest BCUT2D eigenvalue weighted by atomic mass is 32.2. The Morgan fingerprint density at radius 2 is 1.59 bits per heavy atom. The van der Waals surface area contributed by atoms with Gasteiger partial charge in [-0.1, -0.05) is 66.7 Å². The molecule has 0 radical (unpaired) electrons. The first kappa shape index (κ1) is 20.9. The first-order valence-electron chi connectivity index (χ1n) is 10.9. The van der Waals surface area contributed by atoms with Crippen LogP contribution in [-0.2, 0) is 23.1 Å². The van der Waals surface area contributed by atoms with E-state index in [2.05, 4.69) is 35.2 Å². The van der Waals surface area contributed by atoms with Crippen molar-refractivity contribution in [2.24, 2.45) is 5.92 Å². The molecule has 0 aromatic heterocycles. The fourth-order valence-corrected chi connectivity index (χ4v) is 6.75. The Bertz CT molecular complexity index is 1270. The molecule has 32 heavy (non-hydrogen) atoms. The van der Waals surface area contributed by atoms with Crippen molar-refractivity contribution in [2.45, 2.75) is 23.9 Å². The Kier molecular flexibility index (Phi) is 5.56. The number of benzene rings is 3. The van der Waals surface area contributed by atoms with Crippen LogP contribution in [0.3, 0.4) is 0 Å². The summed E-state index contributed by atoms with van der Waals surface area (Å²) >= 11 is 0. The molecule has 2 aliphatic rings. The molecule has 1 saturated heterocycles. The summed E-state index contributed by atoms with van der Waals surface area (Å²) in [6.07, 6.45) is 0. The molecule has 2 aliphatic heterocycles. The molecule has 2 atom stereocenters. The van der Waals surface area contributed by atoms with E-state index in [0.717, 1.165) is 25.2 Å². The van der Waals surface area contributed by atoms with Gasteiger partial charge in [0.25, 0.3) is 0 Å². The van der Waals surface area contributed by atoms with Crippen LogP contribution in [0.4, 0.5) is 0 Å². The number of hydrogen-bond acceptors (Lipinski definition) is 4. The zero-order valence-corrected chi connectivity index (χ0v) is 18.6. The molecule has 3 aromatic rings. The van der Waals surface area contributed by atoms with Crippen LogP contribution < -0.4 is 0 Å². The van der Waals surface area contributed by atoms with Crippen molar-refractivity contribution in [2.75, 3.05) is 19.6 Å². The zero-order chi connectivity index (χ0) is 22.1. The lowest BCUT2D eigenvalue weighted by atomic mass is 9.87. The van der Waals surface area contributed by atoms with Crippen molar-refractivity contribution in [3.63, 3.8) is 0 Å². The number of fused-ring (bicyclic) bond motifs is 3. The van der Waals surface area contributed by atoms with Crippen molar-refractivity contribution in [1.82, 2.24) is 9.21 Å². The second-order valence-corrected chi connectivity index (χ2v) is 10.6. The Morgan fingerprint density at radius 3 is 2.41 bits per heavy atom. The molecule has 162 valence electrons. The summed E-state index contributed by atoms with van der Waals surface area (Å²) < 4.78 is 28.9. The number of nitriles is 1. The van der Waals surface area contributed by atoms with Crippen LogP contribution in [0.25, 0.3) is 0 Å². The third-order valence-corrected chi connectivity index (χ3v) is 8.50.